The van der Waals surface area contributed by atoms with E-state index >= 15 is 0 Å². The average molecular weight is 355 g/mol. The molecule has 0 spiro atoms. The van der Waals surface area contributed by atoms with E-state index in [1.54, 1.807) is 17.1 Å². The lowest BCUT2D eigenvalue weighted by Gasteiger charge is -2.28. The summed E-state index contributed by atoms with van der Waals surface area (Å²) in [4.78, 5) is 19.6. The summed E-state index contributed by atoms with van der Waals surface area (Å²) < 4.78 is 13.1. The highest BCUT2D eigenvalue weighted by atomic mass is 32.2. The number of benzene rings is 1. The molecule has 0 atom stereocenters. The Bertz CT molecular complexity index is 933. The number of hydrogen-bond donors (Lipinski definition) is 1. The summed E-state index contributed by atoms with van der Waals surface area (Å²) in [5.41, 5.74) is 3.51. The van der Waals surface area contributed by atoms with Crippen LogP contribution in [0.2, 0.25) is 0 Å². The van der Waals surface area contributed by atoms with Crippen LogP contribution >= 0.6 is 0 Å². The van der Waals surface area contributed by atoms with Crippen LogP contribution in [0.15, 0.2) is 53.8 Å². The molecule has 3 aromatic rings. The Labute approximate surface area is 146 Å². The van der Waals surface area contributed by atoms with Gasteiger partial charge in [0.25, 0.3) is 0 Å². The van der Waals surface area contributed by atoms with Crippen molar-refractivity contribution in [1.29, 1.82) is 0 Å². The minimum absolute atomic E-state index is 0.381. The molecule has 1 saturated heterocycles. The fraction of sp³-hybridized carbons (Fsp3) is 0.235. The molecule has 8 heteroatoms. The highest BCUT2D eigenvalue weighted by Gasteiger charge is 2.15. The fourth-order valence-corrected chi connectivity index (χ4v) is 3.89. The van der Waals surface area contributed by atoms with E-state index in [9.17, 15) is 9.00 Å². The quantitative estimate of drug-likeness (QED) is 0.763. The normalized spacial score (nSPS) is 15.4. The summed E-state index contributed by atoms with van der Waals surface area (Å²) in [6, 6.07) is 8.30. The predicted octanol–water partition coefficient (Wildman–Crippen LogP) is 1.19. The van der Waals surface area contributed by atoms with Gasteiger partial charge in [-0.1, -0.05) is 12.1 Å². The minimum Gasteiger partial charge on any atom is -0.370 e. The van der Waals surface area contributed by atoms with E-state index < -0.39 is 10.8 Å². The average Bonchev–Trinajstić information content (AvgIpc) is 3.13. The molecule has 0 aliphatic carbocycles. The third-order valence-electron chi connectivity index (χ3n) is 4.25. The number of aromatic amines is 1. The molecule has 2 aromatic heterocycles. The summed E-state index contributed by atoms with van der Waals surface area (Å²) in [5.74, 6) is 1.48. The van der Waals surface area contributed by atoms with Crippen molar-refractivity contribution in [2.75, 3.05) is 29.5 Å². The van der Waals surface area contributed by atoms with Crippen molar-refractivity contribution in [3.63, 3.8) is 0 Å². The summed E-state index contributed by atoms with van der Waals surface area (Å²) in [7, 11) is -0.666. The molecule has 1 aromatic carbocycles. The van der Waals surface area contributed by atoms with Crippen molar-refractivity contribution in [1.82, 2.24) is 19.7 Å². The fourth-order valence-electron chi connectivity index (χ4n) is 2.83. The molecule has 25 heavy (non-hydrogen) atoms. The number of H-pyrrole nitrogens is 1. The molecule has 0 amide bonds. The van der Waals surface area contributed by atoms with E-state index in [1.807, 2.05) is 6.20 Å². The molecule has 3 heterocycles. The van der Waals surface area contributed by atoms with Crippen LogP contribution in [0.25, 0.3) is 16.8 Å². The molecule has 1 N–H and O–H groups in total. The molecule has 0 saturated carbocycles. The lowest BCUT2D eigenvalue weighted by molar-refractivity contribution is 0.673. The lowest BCUT2D eigenvalue weighted by Crippen LogP contribution is -2.37. The van der Waals surface area contributed by atoms with Crippen LogP contribution in [0.5, 0.6) is 0 Å². The zero-order chi connectivity index (χ0) is 17.2. The molecule has 0 bridgehead atoms. The van der Waals surface area contributed by atoms with E-state index in [2.05, 4.69) is 44.2 Å². The highest BCUT2D eigenvalue weighted by Crippen LogP contribution is 2.24. The highest BCUT2D eigenvalue weighted by molar-refractivity contribution is 7.85. The van der Waals surface area contributed by atoms with Crippen molar-refractivity contribution in [2.45, 2.75) is 0 Å². The van der Waals surface area contributed by atoms with E-state index in [4.69, 9.17) is 0 Å². The summed E-state index contributed by atoms with van der Waals surface area (Å²) in [6.07, 6.45) is 6.74. The van der Waals surface area contributed by atoms with Crippen LogP contribution in [-0.4, -0.2) is 48.6 Å². The van der Waals surface area contributed by atoms with E-state index in [0.717, 1.165) is 41.4 Å². The summed E-state index contributed by atoms with van der Waals surface area (Å²) >= 11 is 0. The van der Waals surface area contributed by atoms with Gasteiger partial charge in [-0.2, -0.15) is 10.1 Å². The number of rotatable bonds is 3. The second kappa shape index (κ2) is 6.64. The Balaban J connectivity index is 1.53. The maximum Gasteiger partial charge on any atom is 0.345 e. The number of anilines is 1. The smallest absolute Gasteiger partial charge is 0.345 e. The Hall–Kier alpha value is -2.74. The van der Waals surface area contributed by atoms with Crippen LogP contribution < -0.4 is 10.6 Å². The van der Waals surface area contributed by atoms with Gasteiger partial charge in [-0.25, -0.2) is 9.48 Å². The van der Waals surface area contributed by atoms with Crippen molar-refractivity contribution in [3.05, 3.63) is 59.5 Å². The molecule has 4 rings (SSSR count). The van der Waals surface area contributed by atoms with E-state index in [-0.39, 0.29) is 5.69 Å². The van der Waals surface area contributed by atoms with Crippen molar-refractivity contribution in [3.8, 4) is 16.8 Å². The standard InChI is InChI=1S/C17H17N5O2S/c23-17-18-10-16(11-19-17)22-12-14(9-20-22)13-1-3-15(4-2-13)21-5-7-25(24)8-6-21/h1-4,9-12H,5-8H2,(H,18,19,23). The van der Waals surface area contributed by atoms with Gasteiger partial charge in [0, 0.05) is 59.0 Å². The van der Waals surface area contributed by atoms with E-state index in [0.29, 0.717) is 5.69 Å². The van der Waals surface area contributed by atoms with Crippen LogP contribution in [0.4, 0.5) is 5.69 Å². The molecule has 128 valence electrons. The number of nitrogens with zero attached hydrogens (tertiary/aromatic N) is 4. The van der Waals surface area contributed by atoms with Gasteiger partial charge in [0.1, 0.15) is 0 Å². The molecule has 7 nitrogen and oxygen atoms in total. The maximum atomic E-state index is 11.5. The third-order valence-corrected chi connectivity index (χ3v) is 5.52. The SMILES string of the molecule is O=c1ncc(-n2cc(-c3ccc(N4CCS(=O)CC4)cc3)cn2)c[nH]1. The van der Waals surface area contributed by atoms with Gasteiger partial charge in [0.05, 0.1) is 18.1 Å². The molecule has 1 aliphatic rings. The Kier molecular flexibility index (Phi) is 4.19. The molecular weight excluding hydrogens is 338 g/mol. The van der Waals surface area contributed by atoms with Crippen molar-refractivity contribution in [2.24, 2.45) is 0 Å². The second-order valence-corrected chi connectivity index (χ2v) is 7.53. The zero-order valence-corrected chi connectivity index (χ0v) is 14.3. The van der Waals surface area contributed by atoms with Gasteiger partial charge in [-0.05, 0) is 17.7 Å². The number of aromatic nitrogens is 4. The molecule has 0 unspecified atom stereocenters. The van der Waals surface area contributed by atoms with Gasteiger partial charge in [0.2, 0.25) is 0 Å². The van der Waals surface area contributed by atoms with Gasteiger partial charge < -0.3 is 9.88 Å². The molecule has 1 aliphatic heterocycles. The first kappa shape index (κ1) is 15.8. The molecule has 1 fully saturated rings. The third kappa shape index (κ3) is 3.39. The van der Waals surface area contributed by atoms with Gasteiger partial charge in [-0.15, -0.1) is 0 Å². The maximum absolute atomic E-state index is 11.5. The van der Waals surface area contributed by atoms with Gasteiger partial charge in [-0.3, -0.25) is 4.21 Å². The first-order chi connectivity index (χ1) is 12.2. The van der Waals surface area contributed by atoms with E-state index in [1.165, 1.54) is 6.20 Å². The topological polar surface area (TPSA) is 83.9 Å². The van der Waals surface area contributed by atoms with Crippen molar-refractivity contribution < 1.29 is 4.21 Å². The first-order valence-corrected chi connectivity index (χ1v) is 9.48. The Morgan fingerprint density at radius 3 is 2.44 bits per heavy atom. The Morgan fingerprint density at radius 2 is 1.76 bits per heavy atom. The number of hydrogen-bond acceptors (Lipinski definition) is 5. The monoisotopic (exact) mass is 355 g/mol. The van der Waals surface area contributed by atoms with Crippen LogP contribution in [0.3, 0.4) is 0 Å². The Morgan fingerprint density at radius 1 is 1.00 bits per heavy atom. The molecular formula is C17H17N5O2S. The first-order valence-electron chi connectivity index (χ1n) is 7.99. The summed E-state index contributed by atoms with van der Waals surface area (Å²) in [5, 5.41) is 4.32. The van der Waals surface area contributed by atoms with Crippen LogP contribution in [0, 0.1) is 0 Å². The second-order valence-electron chi connectivity index (χ2n) is 5.83. The largest absolute Gasteiger partial charge is 0.370 e. The zero-order valence-electron chi connectivity index (χ0n) is 13.5. The summed E-state index contributed by atoms with van der Waals surface area (Å²) in [6.45, 7) is 1.67. The van der Waals surface area contributed by atoms with Crippen molar-refractivity contribution >= 4 is 16.5 Å². The van der Waals surface area contributed by atoms with Crippen LogP contribution in [0.1, 0.15) is 0 Å². The molecule has 0 radical (unpaired) electrons. The van der Waals surface area contributed by atoms with Gasteiger partial charge in [0.15, 0.2) is 0 Å². The minimum atomic E-state index is -0.666. The van der Waals surface area contributed by atoms with Gasteiger partial charge >= 0.3 is 5.69 Å². The van der Waals surface area contributed by atoms with Crippen LogP contribution in [-0.2, 0) is 10.8 Å². The predicted molar refractivity (Wildman–Crippen MR) is 97.5 cm³/mol. The number of nitrogens with one attached hydrogen (secondary N) is 1. The lowest BCUT2D eigenvalue weighted by atomic mass is 10.1.